The van der Waals surface area contributed by atoms with Crippen molar-refractivity contribution in [3.8, 4) is 0 Å². The molecule has 0 atom stereocenters. The van der Waals surface area contributed by atoms with Crippen molar-refractivity contribution < 1.29 is 19.1 Å². The normalized spacial score (nSPS) is 14.2. The number of piperazine rings is 1. The number of ether oxygens (including phenoxy) is 1. The molecular formula is C26H33N3O4. The van der Waals surface area contributed by atoms with Crippen LogP contribution >= 0.6 is 0 Å². The first kappa shape index (κ1) is 24.3. The zero-order chi connectivity index (χ0) is 24.2. The molecule has 1 saturated heterocycles. The standard InChI is InChI=1S/C26H33N3O4/c1-18(2)19-6-8-20(9-7-19)23(30)28-14-16-29(17-15-28)24(31)21-10-12-22(13-11-21)27-25(32)33-26(3,4)5/h6-13,18H,14-17H2,1-5H3,(H,27,32). The van der Waals surface area contributed by atoms with Crippen molar-refractivity contribution in [1.82, 2.24) is 9.80 Å². The van der Waals surface area contributed by atoms with Gasteiger partial charge in [0.25, 0.3) is 11.8 Å². The average molecular weight is 452 g/mol. The van der Waals surface area contributed by atoms with Crippen LogP contribution in [0.25, 0.3) is 0 Å². The van der Waals surface area contributed by atoms with Crippen LogP contribution in [-0.2, 0) is 4.74 Å². The zero-order valence-electron chi connectivity index (χ0n) is 20.1. The van der Waals surface area contributed by atoms with Gasteiger partial charge in [0, 0.05) is 43.0 Å². The average Bonchev–Trinajstić information content (AvgIpc) is 2.77. The van der Waals surface area contributed by atoms with Crippen LogP contribution in [-0.4, -0.2) is 59.5 Å². The van der Waals surface area contributed by atoms with Crippen LogP contribution < -0.4 is 5.32 Å². The molecule has 1 heterocycles. The Labute approximate surface area is 195 Å². The van der Waals surface area contributed by atoms with E-state index < -0.39 is 11.7 Å². The van der Waals surface area contributed by atoms with Gasteiger partial charge in [-0.05, 0) is 68.7 Å². The number of benzene rings is 2. The highest BCUT2D eigenvalue weighted by atomic mass is 16.6. The summed E-state index contributed by atoms with van der Waals surface area (Å²) in [7, 11) is 0. The monoisotopic (exact) mass is 451 g/mol. The highest BCUT2D eigenvalue weighted by Crippen LogP contribution is 2.18. The van der Waals surface area contributed by atoms with Crippen molar-refractivity contribution in [3.63, 3.8) is 0 Å². The minimum atomic E-state index is -0.582. The van der Waals surface area contributed by atoms with Crippen molar-refractivity contribution in [2.24, 2.45) is 0 Å². The molecule has 3 amide bonds. The van der Waals surface area contributed by atoms with Gasteiger partial charge >= 0.3 is 6.09 Å². The number of rotatable bonds is 4. The predicted octanol–water partition coefficient (Wildman–Crippen LogP) is 4.76. The largest absolute Gasteiger partial charge is 0.444 e. The van der Waals surface area contributed by atoms with Gasteiger partial charge in [0.05, 0.1) is 0 Å². The van der Waals surface area contributed by atoms with Crippen LogP contribution in [0.4, 0.5) is 10.5 Å². The summed E-state index contributed by atoms with van der Waals surface area (Å²) in [4.78, 5) is 41.1. The van der Waals surface area contributed by atoms with Crippen LogP contribution in [0.15, 0.2) is 48.5 Å². The Morgan fingerprint density at radius 1 is 0.788 bits per heavy atom. The molecule has 0 radical (unpaired) electrons. The van der Waals surface area contributed by atoms with Gasteiger partial charge in [-0.3, -0.25) is 14.9 Å². The fourth-order valence-corrected chi connectivity index (χ4v) is 3.61. The first-order valence-electron chi connectivity index (χ1n) is 11.3. The molecule has 0 bridgehead atoms. The van der Waals surface area contributed by atoms with Crippen molar-refractivity contribution in [2.45, 2.75) is 46.1 Å². The lowest BCUT2D eigenvalue weighted by atomic mass is 10.0. The molecule has 2 aromatic carbocycles. The quantitative estimate of drug-likeness (QED) is 0.727. The van der Waals surface area contributed by atoms with Crippen molar-refractivity contribution in [3.05, 3.63) is 65.2 Å². The molecule has 0 aromatic heterocycles. The molecule has 1 fully saturated rings. The highest BCUT2D eigenvalue weighted by Gasteiger charge is 2.25. The summed E-state index contributed by atoms with van der Waals surface area (Å²) in [5.74, 6) is 0.327. The second kappa shape index (κ2) is 10.1. The maximum absolute atomic E-state index is 12.9. The van der Waals surface area contributed by atoms with E-state index in [9.17, 15) is 14.4 Å². The Balaban J connectivity index is 1.53. The number of carbonyl (C=O) groups excluding carboxylic acids is 3. The molecule has 1 aliphatic rings. The molecule has 7 nitrogen and oxygen atoms in total. The Morgan fingerprint density at radius 3 is 1.61 bits per heavy atom. The lowest BCUT2D eigenvalue weighted by Crippen LogP contribution is -2.50. The van der Waals surface area contributed by atoms with Crippen LogP contribution in [0.3, 0.4) is 0 Å². The lowest BCUT2D eigenvalue weighted by Gasteiger charge is -2.35. The second-order valence-electron chi connectivity index (χ2n) is 9.57. The second-order valence-corrected chi connectivity index (χ2v) is 9.57. The van der Waals surface area contributed by atoms with Crippen molar-refractivity contribution in [1.29, 1.82) is 0 Å². The number of nitrogens with one attached hydrogen (secondary N) is 1. The van der Waals surface area contributed by atoms with E-state index >= 15 is 0 Å². The van der Waals surface area contributed by atoms with Crippen molar-refractivity contribution >= 4 is 23.6 Å². The van der Waals surface area contributed by atoms with Gasteiger partial charge in [0.15, 0.2) is 0 Å². The predicted molar refractivity (Wildman–Crippen MR) is 129 cm³/mol. The van der Waals surface area contributed by atoms with Gasteiger partial charge in [0.1, 0.15) is 5.60 Å². The van der Waals surface area contributed by atoms with E-state index in [4.69, 9.17) is 4.74 Å². The minimum Gasteiger partial charge on any atom is -0.444 e. The van der Waals surface area contributed by atoms with Gasteiger partial charge in [-0.15, -0.1) is 0 Å². The Morgan fingerprint density at radius 2 is 1.21 bits per heavy atom. The molecule has 33 heavy (non-hydrogen) atoms. The SMILES string of the molecule is CC(C)c1ccc(C(=O)N2CCN(C(=O)c3ccc(NC(=O)OC(C)(C)C)cc3)CC2)cc1. The molecule has 0 spiro atoms. The maximum atomic E-state index is 12.9. The number of hydrogen-bond donors (Lipinski definition) is 1. The summed E-state index contributed by atoms with van der Waals surface area (Å²) in [5.41, 5.74) is 2.39. The molecule has 3 rings (SSSR count). The zero-order valence-corrected chi connectivity index (χ0v) is 20.1. The molecule has 1 N–H and O–H groups in total. The molecule has 1 aliphatic heterocycles. The molecule has 0 aliphatic carbocycles. The smallest absolute Gasteiger partial charge is 0.412 e. The first-order chi connectivity index (χ1) is 15.5. The van der Waals surface area contributed by atoms with Gasteiger partial charge in [-0.1, -0.05) is 26.0 Å². The van der Waals surface area contributed by atoms with E-state index in [1.165, 1.54) is 5.56 Å². The van der Waals surface area contributed by atoms with Crippen LogP contribution in [0, 0.1) is 0 Å². The molecule has 0 saturated carbocycles. The summed E-state index contributed by atoms with van der Waals surface area (Å²) in [6.07, 6.45) is -0.541. The van der Waals surface area contributed by atoms with E-state index in [0.29, 0.717) is 48.9 Å². The van der Waals surface area contributed by atoms with Gasteiger partial charge < -0.3 is 14.5 Å². The summed E-state index contributed by atoms with van der Waals surface area (Å²) in [6, 6.07) is 14.5. The topological polar surface area (TPSA) is 79.0 Å². The lowest BCUT2D eigenvalue weighted by molar-refractivity contribution is 0.0535. The van der Waals surface area contributed by atoms with Crippen molar-refractivity contribution in [2.75, 3.05) is 31.5 Å². The van der Waals surface area contributed by atoms with Crippen LogP contribution in [0.2, 0.25) is 0 Å². The summed E-state index contributed by atoms with van der Waals surface area (Å²) < 4.78 is 5.23. The molecule has 7 heteroatoms. The van der Waals surface area contributed by atoms with E-state index in [1.807, 2.05) is 24.3 Å². The fraction of sp³-hybridized carbons (Fsp3) is 0.423. The Bertz CT molecular complexity index is 984. The number of hydrogen-bond acceptors (Lipinski definition) is 4. The first-order valence-corrected chi connectivity index (χ1v) is 11.3. The van der Waals surface area contributed by atoms with E-state index in [2.05, 4.69) is 19.2 Å². The molecule has 176 valence electrons. The van der Waals surface area contributed by atoms with Gasteiger partial charge in [-0.2, -0.15) is 0 Å². The van der Waals surface area contributed by atoms with E-state index in [-0.39, 0.29) is 11.8 Å². The molecular weight excluding hydrogens is 418 g/mol. The number of anilines is 1. The fourth-order valence-electron chi connectivity index (χ4n) is 3.61. The third-order valence-electron chi connectivity index (χ3n) is 5.46. The number of carbonyl (C=O) groups is 3. The molecule has 0 unspecified atom stereocenters. The number of amides is 3. The van der Waals surface area contributed by atoms with E-state index in [1.54, 1.807) is 54.8 Å². The van der Waals surface area contributed by atoms with Gasteiger partial charge in [0.2, 0.25) is 0 Å². The molecule has 2 aromatic rings. The minimum absolute atomic E-state index is 0.00465. The van der Waals surface area contributed by atoms with Crippen LogP contribution in [0.5, 0.6) is 0 Å². The number of nitrogens with zero attached hydrogens (tertiary/aromatic N) is 2. The summed E-state index contributed by atoms with van der Waals surface area (Å²) in [5, 5.41) is 2.66. The summed E-state index contributed by atoms with van der Waals surface area (Å²) >= 11 is 0. The third kappa shape index (κ3) is 6.57. The van der Waals surface area contributed by atoms with Gasteiger partial charge in [-0.25, -0.2) is 4.79 Å². The third-order valence-corrected chi connectivity index (χ3v) is 5.46. The Hall–Kier alpha value is -3.35. The summed E-state index contributed by atoms with van der Waals surface area (Å²) in [6.45, 7) is 11.6. The highest BCUT2D eigenvalue weighted by molar-refractivity contribution is 5.96. The van der Waals surface area contributed by atoms with E-state index in [0.717, 1.165) is 0 Å². The Kier molecular flexibility index (Phi) is 7.41. The van der Waals surface area contributed by atoms with Crippen LogP contribution in [0.1, 0.15) is 66.8 Å². The maximum Gasteiger partial charge on any atom is 0.412 e.